The first-order valence-electron chi connectivity index (χ1n) is 9.99. The molecule has 4 rings (SSSR count). The fourth-order valence-electron chi connectivity index (χ4n) is 3.17. The van der Waals surface area contributed by atoms with Crippen molar-refractivity contribution in [1.29, 1.82) is 0 Å². The number of aromatic nitrogens is 1. The van der Waals surface area contributed by atoms with Gasteiger partial charge in [-0.1, -0.05) is 60.7 Å². The van der Waals surface area contributed by atoms with E-state index in [4.69, 9.17) is 4.74 Å². The number of anilines is 1. The zero-order chi connectivity index (χ0) is 21.5. The van der Waals surface area contributed by atoms with Crippen LogP contribution in [0.15, 0.2) is 71.1 Å². The van der Waals surface area contributed by atoms with Crippen LogP contribution in [0.5, 0.6) is 0 Å². The normalized spacial score (nSPS) is 14.3. The Kier molecular flexibility index (Phi) is 6.81. The Morgan fingerprint density at radius 1 is 1.00 bits per heavy atom. The minimum Gasteiger partial charge on any atom is -0.378 e. The number of amides is 1. The molecule has 158 valence electrons. The lowest BCUT2D eigenvalue weighted by Crippen LogP contribution is -2.36. The van der Waals surface area contributed by atoms with Gasteiger partial charge in [0, 0.05) is 29.6 Å². The number of hydrogen-bond acceptors (Lipinski definition) is 7. The third-order valence-electron chi connectivity index (χ3n) is 4.75. The van der Waals surface area contributed by atoms with Crippen molar-refractivity contribution in [1.82, 2.24) is 10.4 Å². The highest BCUT2D eigenvalue weighted by molar-refractivity contribution is 7.13. The van der Waals surface area contributed by atoms with E-state index in [0.717, 1.165) is 18.2 Å². The first kappa shape index (κ1) is 20.9. The molecule has 1 N–H and O–H groups in total. The Balaban J connectivity index is 1.46. The second-order valence-corrected chi connectivity index (χ2v) is 7.79. The van der Waals surface area contributed by atoms with Crippen LogP contribution in [-0.4, -0.2) is 48.7 Å². The van der Waals surface area contributed by atoms with Gasteiger partial charge in [0.05, 0.1) is 25.3 Å². The molecule has 31 heavy (non-hydrogen) atoms. The summed E-state index contributed by atoms with van der Waals surface area (Å²) in [6.07, 6.45) is 0.0892. The molecule has 7 nitrogen and oxygen atoms in total. The van der Waals surface area contributed by atoms with Crippen molar-refractivity contribution >= 4 is 33.9 Å². The number of ketones is 1. The third-order valence-corrected chi connectivity index (χ3v) is 5.70. The number of carbonyl (C=O) groups is 2. The summed E-state index contributed by atoms with van der Waals surface area (Å²) in [6.45, 7) is 2.96. The largest absolute Gasteiger partial charge is 0.378 e. The smallest absolute Gasteiger partial charge is 0.246 e. The van der Waals surface area contributed by atoms with Gasteiger partial charge in [-0.25, -0.2) is 10.4 Å². The minimum absolute atomic E-state index is 0.0892. The van der Waals surface area contributed by atoms with Crippen LogP contribution < -0.4 is 10.3 Å². The van der Waals surface area contributed by atoms with Gasteiger partial charge in [0.25, 0.3) is 0 Å². The molecule has 0 spiro atoms. The molecule has 0 saturated carbocycles. The van der Waals surface area contributed by atoms with E-state index in [1.54, 1.807) is 36.4 Å². The van der Waals surface area contributed by atoms with Gasteiger partial charge >= 0.3 is 0 Å². The fourth-order valence-corrected chi connectivity index (χ4v) is 4.05. The predicted molar refractivity (Wildman–Crippen MR) is 121 cm³/mol. The molecule has 2 aromatic carbocycles. The lowest BCUT2D eigenvalue weighted by molar-refractivity contribution is -0.120. The summed E-state index contributed by atoms with van der Waals surface area (Å²) in [5.74, 6) is -0.580. The van der Waals surface area contributed by atoms with Gasteiger partial charge in [-0.2, -0.15) is 5.10 Å². The van der Waals surface area contributed by atoms with Crippen molar-refractivity contribution < 1.29 is 14.3 Å². The van der Waals surface area contributed by atoms with E-state index < -0.39 is 0 Å². The van der Waals surface area contributed by atoms with E-state index in [9.17, 15) is 9.59 Å². The quantitative estimate of drug-likeness (QED) is 0.351. The van der Waals surface area contributed by atoms with Crippen LogP contribution >= 0.6 is 11.3 Å². The second-order valence-electron chi connectivity index (χ2n) is 6.95. The number of morpholine rings is 1. The topological polar surface area (TPSA) is 83.9 Å². The summed E-state index contributed by atoms with van der Waals surface area (Å²) >= 11 is 1.51. The molecule has 0 unspecified atom stereocenters. The lowest BCUT2D eigenvalue weighted by Gasteiger charge is -2.26. The molecule has 0 aliphatic carbocycles. The standard InChI is InChI=1S/C23H22N4O3S/c28-20(15-19-16-31-23(24-19)27-11-13-30-14-12-27)25-26-21(17-7-3-1-4-8-17)22(29)18-9-5-2-6-10-18/h1-10,16H,11-15H2,(H,25,28). The molecule has 0 bridgehead atoms. The van der Waals surface area contributed by atoms with E-state index in [0.29, 0.717) is 30.0 Å². The van der Waals surface area contributed by atoms with Crippen LogP contribution in [0.4, 0.5) is 5.13 Å². The molecule has 1 amide bonds. The van der Waals surface area contributed by atoms with Gasteiger partial charge in [0.15, 0.2) is 5.13 Å². The van der Waals surface area contributed by atoms with Crippen LogP contribution in [0.25, 0.3) is 0 Å². The average Bonchev–Trinajstić information content (AvgIpc) is 3.29. The van der Waals surface area contributed by atoms with E-state index in [2.05, 4.69) is 20.4 Å². The highest BCUT2D eigenvalue weighted by Crippen LogP contribution is 2.21. The number of nitrogens with one attached hydrogen (secondary N) is 1. The number of Topliss-reactive ketones (excluding diaryl/α,β-unsaturated/α-hetero) is 1. The number of benzene rings is 2. The number of ether oxygens (including phenoxy) is 1. The summed E-state index contributed by atoms with van der Waals surface area (Å²) in [7, 11) is 0. The van der Waals surface area contributed by atoms with Gasteiger partial charge < -0.3 is 9.64 Å². The lowest BCUT2D eigenvalue weighted by atomic mass is 10.0. The number of nitrogens with zero attached hydrogens (tertiary/aromatic N) is 3. The van der Waals surface area contributed by atoms with Crippen molar-refractivity contribution in [3.8, 4) is 0 Å². The summed E-state index contributed by atoms with van der Waals surface area (Å²) in [5, 5.41) is 6.94. The first-order valence-corrected chi connectivity index (χ1v) is 10.9. The molecular weight excluding hydrogens is 412 g/mol. The van der Waals surface area contributed by atoms with Crippen LogP contribution in [-0.2, 0) is 16.0 Å². The van der Waals surface area contributed by atoms with Crippen molar-refractivity contribution in [2.75, 3.05) is 31.2 Å². The molecule has 1 saturated heterocycles. The maximum Gasteiger partial charge on any atom is 0.246 e. The number of rotatable bonds is 7. The number of hydrogen-bond donors (Lipinski definition) is 1. The highest BCUT2D eigenvalue weighted by atomic mass is 32.1. The van der Waals surface area contributed by atoms with Crippen LogP contribution in [0, 0.1) is 0 Å². The maximum atomic E-state index is 13.0. The van der Waals surface area contributed by atoms with Gasteiger partial charge in [-0.15, -0.1) is 11.3 Å². The molecule has 1 aliphatic heterocycles. The molecule has 1 aliphatic rings. The summed E-state index contributed by atoms with van der Waals surface area (Å²) in [6, 6.07) is 18.0. The van der Waals surface area contributed by atoms with E-state index in [-0.39, 0.29) is 23.8 Å². The Bertz CT molecular complexity index is 1060. The molecule has 0 atom stereocenters. The molecule has 2 heterocycles. The number of thiazole rings is 1. The van der Waals surface area contributed by atoms with Crippen molar-refractivity contribution in [3.63, 3.8) is 0 Å². The van der Waals surface area contributed by atoms with E-state index >= 15 is 0 Å². The van der Waals surface area contributed by atoms with Gasteiger partial charge in [0.2, 0.25) is 11.7 Å². The van der Waals surface area contributed by atoms with Gasteiger partial charge in [-0.3, -0.25) is 9.59 Å². The summed E-state index contributed by atoms with van der Waals surface area (Å²) in [5.41, 5.74) is 4.54. The molecule has 1 aromatic heterocycles. The average molecular weight is 435 g/mol. The van der Waals surface area contributed by atoms with Gasteiger partial charge in [0.1, 0.15) is 5.71 Å². The summed E-state index contributed by atoms with van der Waals surface area (Å²) in [4.78, 5) is 32.2. The zero-order valence-electron chi connectivity index (χ0n) is 16.9. The Morgan fingerprint density at radius 3 is 2.32 bits per heavy atom. The number of hydrazone groups is 1. The van der Waals surface area contributed by atoms with Crippen molar-refractivity contribution in [2.45, 2.75) is 6.42 Å². The van der Waals surface area contributed by atoms with E-state index in [1.807, 2.05) is 29.6 Å². The van der Waals surface area contributed by atoms with Crippen LogP contribution in [0.2, 0.25) is 0 Å². The monoisotopic (exact) mass is 434 g/mol. The minimum atomic E-state index is -0.326. The SMILES string of the molecule is O=C(Cc1csc(N2CCOCC2)n1)NN=C(C(=O)c1ccccc1)c1ccccc1. The Labute approximate surface area is 184 Å². The second kappa shape index (κ2) is 10.1. The molecule has 1 fully saturated rings. The maximum absolute atomic E-state index is 13.0. The first-order chi connectivity index (χ1) is 15.2. The third kappa shape index (κ3) is 5.42. The number of carbonyl (C=O) groups excluding carboxylic acids is 2. The fraction of sp³-hybridized carbons (Fsp3) is 0.217. The van der Waals surface area contributed by atoms with Crippen LogP contribution in [0.3, 0.4) is 0 Å². The van der Waals surface area contributed by atoms with Crippen molar-refractivity contribution in [2.24, 2.45) is 5.10 Å². The van der Waals surface area contributed by atoms with E-state index in [1.165, 1.54) is 11.3 Å². The molecular formula is C23H22N4O3S. The molecule has 3 aromatic rings. The Hall–Kier alpha value is -3.36. The molecule has 8 heteroatoms. The Morgan fingerprint density at radius 2 is 1.65 bits per heavy atom. The predicted octanol–water partition coefficient (Wildman–Crippen LogP) is 2.93. The van der Waals surface area contributed by atoms with Crippen molar-refractivity contribution in [3.05, 3.63) is 82.9 Å². The van der Waals surface area contributed by atoms with Crippen LogP contribution in [0.1, 0.15) is 21.6 Å². The molecule has 0 radical (unpaired) electrons. The summed E-state index contributed by atoms with van der Waals surface area (Å²) < 4.78 is 5.36. The van der Waals surface area contributed by atoms with Gasteiger partial charge in [-0.05, 0) is 0 Å². The zero-order valence-corrected chi connectivity index (χ0v) is 17.7. The highest BCUT2D eigenvalue weighted by Gasteiger charge is 2.18.